The van der Waals surface area contributed by atoms with Gasteiger partial charge in [0.25, 0.3) is 0 Å². The van der Waals surface area contributed by atoms with Crippen molar-refractivity contribution in [1.82, 2.24) is 30.4 Å². The van der Waals surface area contributed by atoms with E-state index in [0.29, 0.717) is 23.9 Å². The molecule has 5 aromatic rings. The van der Waals surface area contributed by atoms with Crippen molar-refractivity contribution in [2.75, 3.05) is 10.6 Å². The van der Waals surface area contributed by atoms with Gasteiger partial charge in [0.05, 0.1) is 12.2 Å². The van der Waals surface area contributed by atoms with E-state index in [4.69, 9.17) is 0 Å². The number of benzene rings is 3. The highest BCUT2D eigenvalue weighted by Gasteiger charge is 2.08. The molecule has 3 N–H and O–H groups in total. The van der Waals surface area contributed by atoms with Crippen LogP contribution in [0.2, 0.25) is 0 Å². The minimum absolute atomic E-state index is 0.362. The van der Waals surface area contributed by atoms with Crippen LogP contribution in [-0.2, 0) is 13.0 Å². The van der Waals surface area contributed by atoms with Crippen molar-refractivity contribution in [3.63, 3.8) is 0 Å². The van der Waals surface area contributed by atoms with Gasteiger partial charge in [-0.2, -0.15) is 9.90 Å². The van der Waals surface area contributed by atoms with Crippen molar-refractivity contribution >= 4 is 17.5 Å². The number of tetrazole rings is 1. The van der Waals surface area contributed by atoms with Gasteiger partial charge in [-0.15, -0.1) is 10.2 Å². The zero-order chi connectivity index (χ0) is 23.2. The van der Waals surface area contributed by atoms with Crippen molar-refractivity contribution in [3.05, 3.63) is 96.6 Å². The monoisotopic (exact) mass is 450 g/mol. The molecule has 0 fully saturated rings. The number of carbonyl (C=O) groups is 1. The van der Waals surface area contributed by atoms with E-state index in [1.54, 1.807) is 10.9 Å². The smallest absolute Gasteiger partial charge is 0.308 e. The largest absolute Gasteiger partial charge is 0.324 e. The predicted octanol–water partition coefficient (Wildman–Crippen LogP) is 4.62. The molecule has 0 aliphatic rings. The number of urea groups is 1. The molecule has 0 bridgehead atoms. The first-order chi connectivity index (χ1) is 16.7. The van der Waals surface area contributed by atoms with Crippen molar-refractivity contribution in [3.8, 4) is 22.6 Å². The number of anilines is 2. The molecule has 0 saturated carbocycles. The quantitative estimate of drug-likeness (QED) is 0.335. The first-order valence-electron chi connectivity index (χ1n) is 10.8. The predicted molar refractivity (Wildman–Crippen MR) is 130 cm³/mol. The first kappa shape index (κ1) is 21.1. The lowest BCUT2D eigenvalue weighted by molar-refractivity contribution is 0.262. The summed E-state index contributed by atoms with van der Waals surface area (Å²) in [5, 5.41) is 25.3. The van der Waals surface area contributed by atoms with Crippen LogP contribution in [0.3, 0.4) is 0 Å². The minimum Gasteiger partial charge on any atom is -0.308 e. The Morgan fingerprint density at radius 2 is 1.56 bits per heavy atom. The Morgan fingerprint density at radius 1 is 0.853 bits per heavy atom. The topological polar surface area (TPSA) is 113 Å². The molecular formula is C25H22N8O. The van der Waals surface area contributed by atoms with Crippen molar-refractivity contribution in [1.29, 1.82) is 0 Å². The number of hydrogen-bond acceptors (Lipinski definition) is 5. The highest BCUT2D eigenvalue weighted by atomic mass is 16.2. The summed E-state index contributed by atoms with van der Waals surface area (Å²) in [6.45, 7) is 0.607. The number of hydrogen-bond donors (Lipinski definition) is 3. The number of rotatable bonds is 7. The Balaban J connectivity index is 1.12. The molecule has 0 radical (unpaired) electrons. The van der Waals surface area contributed by atoms with Crippen molar-refractivity contribution in [2.45, 2.75) is 13.0 Å². The fraction of sp³-hybridized carbons (Fsp3) is 0.0800. The summed E-state index contributed by atoms with van der Waals surface area (Å²) in [6, 6.07) is 28.6. The number of nitrogens with one attached hydrogen (secondary N) is 3. The molecule has 0 saturated heterocycles. The minimum atomic E-state index is -0.362. The lowest BCUT2D eigenvalue weighted by atomic mass is 10.1. The molecule has 2 amide bonds. The van der Waals surface area contributed by atoms with Gasteiger partial charge in [0.1, 0.15) is 0 Å². The van der Waals surface area contributed by atoms with Crippen LogP contribution in [-0.4, -0.2) is 36.4 Å². The average molecular weight is 451 g/mol. The Kier molecular flexibility index (Phi) is 6.06. The summed E-state index contributed by atoms with van der Waals surface area (Å²) in [6.07, 6.45) is 0.743. The normalized spacial score (nSPS) is 10.7. The van der Waals surface area contributed by atoms with Crippen LogP contribution >= 0.6 is 0 Å². The van der Waals surface area contributed by atoms with E-state index in [1.807, 2.05) is 84.9 Å². The maximum Gasteiger partial charge on any atom is 0.324 e. The maximum absolute atomic E-state index is 12.3. The molecule has 0 aliphatic carbocycles. The van der Waals surface area contributed by atoms with Crippen LogP contribution in [0, 0.1) is 0 Å². The summed E-state index contributed by atoms with van der Waals surface area (Å²) in [5.41, 5.74) is 4.55. The second-order valence-electron chi connectivity index (χ2n) is 7.63. The standard InChI is InChI=1S/C25H22N8O/c34-25(27-23-17-22(28-29-23)19-7-3-1-4-8-19)26-21-13-11-18(12-14-21)15-16-33-31-24(30-32-33)20-9-5-2-6-10-20/h1-14,17H,15-16H2,(H3,26,27,28,29,34). The zero-order valence-electron chi connectivity index (χ0n) is 18.2. The molecule has 2 aromatic heterocycles. The lowest BCUT2D eigenvalue weighted by Crippen LogP contribution is -2.19. The van der Waals surface area contributed by atoms with E-state index < -0.39 is 0 Å². The summed E-state index contributed by atoms with van der Waals surface area (Å²) >= 11 is 0. The number of aromatic amines is 1. The van der Waals surface area contributed by atoms with E-state index in [-0.39, 0.29) is 6.03 Å². The molecule has 0 aliphatic heterocycles. The first-order valence-corrected chi connectivity index (χ1v) is 10.8. The highest BCUT2D eigenvalue weighted by molar-refractivity contribution is 5.99. The summed E-state index contributed by atoms with van der Waals surface area (Å²) in [7, 11) is 0. The third-order valence-corrected chi connectivity index (χ3v) is 5.20. The molecule has 0 spiro atoms. The third-order valence-electron chi connectivity index (χ3n) is 5.20. The Labute approximate surface area is 195 Å². The van der Waals surface area contributed by atoms with Crippen LogP contribution < -0.4 is 10.6 Å². The Hall–Kier alpha value is -4.79. The molecular weight excluding hydrogens is 428 g/mol. The van der Waals surface area contributed by atoms with Gasteiger partial charge in [-0.25, -0.2) is 4.79 Å². The molecule has 2 heterocycles. The van der Waals surface area contributed by atoms with Gasteiger partial charge in [0.2, 0.25) is 5.82 Å². The Morgan fingerprint density at radius 3 is 2.29 bits per heavy atom. The van der Waals surface area contributed by atoms with Crippen LogP contribution in [0.15, 0.2) is 91.0 Å². The van der Waals surface area contributed by atoms with Crippen molar-refractivity contribution in [2.24, 2.45) is 0 Å². The second kappa shape index (κ2) is 9.78. The van der Waals surface area contributed by atoms with Gasteiger partial charge in [0, 0.05) is 17.3 Å². The van der Waals surface area contributed by atoms with E-state index in [1.165, 1.54) is 0 Å². The van der Waals surface area contributed by atoms with Crippen molar-refractivity contribution < 1.29 is 4.79 Å². The maximum atomic E-state index is 12.3. The number of nitrogens with zero attached hydrogens (tertiary/aromatic N) is 5. The summed E-state index contributed by atoms with van der Waals surface area (Å²) < 4.78 is 0. The molecule has 0 unspecified atom stereocenters. The third kappa shape index (κ3) is 5.16. The van der Waals surface area contributed by atoms with Gasteiger partial charge < -0.3 is 5.32 Å². The van der Waals surface area contributed by atoms with E-state index in [2.05, 4.69) is 36.2 Å². The molecule has 0 atom stereocenters. The van der Waals surface area contributed by atoms with Gasteiger partial charge in [0.15, 0.2) is 5.82 Å². The van der Waals surface area contributed by atoms with Crippen LogP contribution in [0.4, 0.5) is 16.3 Å². The highest BCUT2D eigenvalue weighted by Crippen LogP contribution is 2.19. The fourth-order valence-corrected chi connectivity index (χ4v) is 3.45. The molecule has 9 heteroatoms. The molecule has 9 nitrogen and oxygen atoms in total. The van der Waals surface area contributed by atoms with E-state index >= 15 is 0 Å². The number of aryl methyl sites for hydroxylation is 2. The molecule has 168 valence electrons. The van der Waals surface area contributed by atoms with Gasteiger partial charge >= 0.3 is 6.03 Å². The van der Waals surface area contributed by atoms with Crippen LogP contribution in [0.5, 0.6) is 0 Å². The van der Waals surface area contributed by atoms with Crippen LogP contribution in [0.25, 0.3) is 22.6 Å². The molecule has 5 rings (SSSR count). The number of aromatic nitrogens is 6. The molecule has 3 aromatic carbocycles. The van der Waals surface area contributed by atoms with Gasteiger partial charge in [-0.05, 0) is 34.9 Å². The zero-order valence-corrected chi connectivity index (χ0v) is 18.2. The SMILES string of the molecule is O=C(Nc1ccc(CCn2nnc(-c3ccccc3)n2)cc1)Nc1cc(-c2ccccc2)[nH]n1. The van der Waals surface area contributed by atoms with Crippen LogP contribution in [0.1, 0.15) is 5.56 Å². The fourth-order valence-electron chi connectivity index (χ4n) is 3.45. The molecule has 34 heavy (non-hydrogen) atoms. The number of amides is 2. The summed E-state index contributed by atoms with van der Waals surface area (Å²) in [5.74, 6) is 1.06. The van der Waals surface area contributed by atoms with E-state index in [0.717, 1.165) is 28.8 Å². The number of carbonyl (C=O) groups excluding carboxylic acids is 1. The number of H-pyrrole nitrogens is 1. The van der Waals surface area contributed by atoms with Gasteiger partial charge in [-0.1, -0.05) is 72.8 Å². The second-order valence-corrected chi connectivity index (χ2v) is 7.63. The van der Waals surface area contributed by atoms with Gasteiger partial charge in [-0.3, -0.25) is 10.4 Å². The summed E-state index contributed by atoms with van der Waals surface area (Å²) in [4.78, 5) is 13.9. The Bertz CT molecular complexity index is 1360. The van der Waals surface area contributed by atoms with E-state index in [9.17, 15) is 4.79 Å². The average Bonchev–Trinajstić information content (AvgIpc) is 3.55. The lowest BCUT2D eigenvalue weighted by Gasteiger charge is -2.07.